The number of rotatable bonds is 13. The van der Waals surface area contributed by atoms with Crippen molar-refractivity contribution in [2.45, 2.75) is 44.1 Å². The maximum absolute atomic E-state index is 15.7. The van der Waals surface area contributed by atoms with Gasteiger partial charge in [-0.25, -0.2) is 18.2 Å². The van der Waals surface area contributed by atoms with Gasteiger partial charge in [0, 0.05) is 79.3 Å². The van der Waals surface area contributed by atoms with Crippen molar-refractivity contribution >= 4 is 56.1 Å². The SMILES string of the molecule is O=C1CCC(N2Cc3cc(N4CC(OCCOc5ccc(-c6cnc7[nH]cc(C(=O)c8c(F)ccc(NS(=O)(=O)N9CC[C@@H](F)C9)c8F)c7c6)cc5)C4)ccc3C2=O)C(=O)N1. The van der Waals surface area contributed by atoms with Crippen LogP contribution in [0.1, 0.15) is 51.1 Å². The van der Waals surface area contributed by atoms with Crippen LogP contribution in [0, 0.1) is 11.6 Å². The number of benzene rings is 3. The van der Waals surface area contributed by atoms with Crippen molar-refractivity contribution in [3.63, 3.8) is 0 Å². The summed E-state index contributed by atoms with van der Waals surface area (Å²) in [6.07, 6.45) is 1.99. The van der Waals surface area contributed by atoms with E-state index in [-0.39, 0.29) is 53.9 Å². The molecule has 0 aliphatic carbocycles. The van der Waals surface area contributed by atoms with Crippen LogP contribution in [0.25, 0.3) is 22.2 Å². The summed E-state index contributed by atoms with van der Waals surface area (Å²) in [5.74, 6) is -4.02. The Bertz CT molecular complexity index is 2710. The molecule has 3 N–H and O–H groups in total. The third kappa shape index (κ3) is 7.79. The fraction of sp³-hybridized carbons (Fsp3) is 0.310. The minimum atomic E-state index is -4.36. The number of nitrogens with one attached hydrogen (secondary N) is 3. The molecule has 3 fully saturated rings. The number of ketones is 1. The standard InChI is InChI=1S/C42H38F3N7O8S/c43-26-11-12-51(20-26)61(57,58)49-34-8-7-33(44)37(38(34)45)39(54)32-18-47-40-31(32)16-24(17-46-40)23-1-4-28(5-2-23)59-13-14-60-29-21-50(22-29)27-3-6-30-25(15-27)19-52(42(30)56)35-9-10-36(53)48-41(35)55/h1-8,15-18,26,29,35,49H,9-14,19-22H2,(H,46,47)(H,48,53,55)/t26-,35?/m1/s1. The molecular weight excluding hydrogens is 820 g/mol. The predicted molar refractivity (Wildman–Crippen MR) is 215 cm³/mol. The number of nitrogens with zero attached hydrogens (tertiary/aromatic N) is 4. The van der Waals surface area contributed by atoms with E-state index in [2.05, 4.69) is 20.2 Å². The number of carbonyl (C=O) groups excluding carboxylic acids is 4. The van der Waals surface area contributed by atoms with E-state index >= 15 is 8.78 Å². The van der Waals surface area contributed by atoms with Gasteiger partial charge in [-0.1, -0.05) is 12.1 Å². The number of imide groups is 1. The number of alkyl halides is 1. The van der Waals surface area contributed by atoms with Crippen molar-refractivity contribution in [1.82, 2.24) is 24.5 Å². The lowest BCUT2D eigenvalue weighted by molar-refractivity contribution is -0.136. The average molecular weight is 858 g/mol. The number of hydrogen-bond acceptors (Lipinski definition) is 10. The lowest BCUT2D eigenvalue weighted by Gasteiger charge is -2.40. The Hall–Kier alpha value is -6.31. The normalized spacial score (nSPS) is 19.6. The van der Waals surface area contributed by atoms with Crippen LogP contribution in [0.5, 0.6) is 5.75 Å². The average Bonchev–Trinajstić information content (AvgIpc) is 3.95. The molecule has 2 atom stereocenters. The number of ether oxygens (including phenoxy) is 2. The van der Waals surface area contributed by atoms with Gasteiger partial charge in [-0.05, 0) is 72.5 Å². The van der Waals surface area contributed by atoms with E-state index in [0.717, 1.165) is 33.3 Å². The van der Waals surface area contributed by atoms with Crippen LogP contribution in [0.15, 0.2) is 73.1 Å². The highest BCUT2D eigenvalue weighted by Gasteiger charge is 2.40. The lowest BCUT2D eigenvalue weighted by atomic mass is 10.00. The predicted octanol–water partition coefficient (Wildman–Crippen LogP) is 4.48. The van der Waals surface area contributed by atoms with Crippen molar-refractivity contribution in [3.8, 4) is 16.9 Å². The molecule has 0 saturated carbocycles. The number of H-pyrrole nitrogens is 1. The number of hydrogen-bond donors (Lipinski definition) is 3. The van der Waals surface area contributed by atoms with Gasteiger partial charge in [0.25, 0.3) is 5.91 Å². The number of anilines is 2. The van der Waals surface area contributed by atoms with Gasteiger partial charge in [-0.3, -0.25) is 29.2 Å². The van der Waals surface area contributed by atoms with Crippen LogP contribution < -0.4 is 19.7 Å². The molecule has 19 heteroatoms. The number of pyridine rings is 1. The molecule has 0 spiro atoms. The second-order valence-electron chi connectivity index (χ2n) is 15.3. The Balaban J connectivity index is 0.778. The molecule has 4 aliphatic rings. The van der Waals surface area contributed by atoms with Crippen molar-refractivity contribution in [1.29, 1.82) is 0 Å². The molecule has 0 bridgehead atoms. The lowest BCUT2D eigenvalue weighted by Crippen LogP contribution is -2.52. The van der Waals surface area contributed by atoms with E-state index in [1.807, 2.05) is 16.9 Å². The first-order valence-electron chi connectivity index (χ1n) is 19.6. The van der Waals surface area contributed by atoms with Gasteiger partial charge in [0.15, 0.2) is 5.82 Å². The highest BCUT2D eigenvalue weighted by molar-refractivity contribution is 7.90. The van der Waals surface area contributed by atoms with E-state index in [0.29, 0.717) is 56.1 Å². The van der Waals surface area contributed by atoms with E-state index in [9.17, 15) is 32.0 Å². The van der Waals surface area contributed by atoms with E-state index < -0.39 is 63.5 Å². The van der Waals surface area contributed by atoms with Crippen LogP contribution in [-0.2, 0) is 31.1 Å². The Morgan fingerprint density at radius 3 is 2.51 bits per heavy atom. The van der Waals surface area contributed by atoms with Gasteiger partial charge in [0.2, 0.25) is 17.6 Å². The van der Waals surface area contributed by atoms with Crippen molar-refractivity contribution in [2.75, 3.05) is 49.0 Å². The van der Waals surface area contributed by atoms with Crippen LogP contribution in [-0.4, -0.2) is 109 Å². The number of piperidine rings is 1. The second-order valence-corrected chi connectivity index (χ2v) is 17.0. The number of amides is 3. The van der Waals surface area contributed by atoms with Crippen LogP contribution >= 0.6 is 0 Å². The monoisotopic (exact) mass is 857 g/mol. The first kappa shape index (κ1) is 40.1. The zero-order chi connectivity index (χ0) is 42.6. The topological polar surface area (TPSA) is 183 Å². The molecule has 3 amide bonds. The molecule has 6 heterocycles. The van der Waals surface area contributed by atoms with Gasteiger partial charge < -0.3 is 24.3 Å². The summed E-state index contributed by atoms with van der Waals surface area (Å²) in [6, 6.07) is 15.4. The maximum atomic E-state index is 15.7. The van der Waals surface area contributed by atoms with Crippen LogP contribution in [0.3, 0.4) is 0 Å². The molecule has 61 heavy (non-hydrogen) atoms. The van der Waals surface area contributed by atoms with Gasteiger partial charge >= 0.3 is 10.2 Å². The second kappa shape index (κ2) is 15.9. The van der Waals surface area contributed by atoms with E-state index in [1.54, 1.807) is 42.6 Å². The first-order chi connectivity index (χ1) is 29.3. The molecule has 5 aromatic rings. The third-order valence-electron chi connectivity index (χ3n) is 11.4. The third-order valence-corrected chi connectivity index (χ3v) is 12.9. The quantitative estimate of drug-likeness (QED) is 0.0868. The first-order valence-corrected chi connectivity index (χ1v) is 21.1. The van der Waals surface area contributed by atoms with Gasteiger partial charge in [0.05, 0.1) is 24.0 Å². The molecule has 3 aromatic carbocycles. The zero-order valence-corrected chi connectivity index (χ0v) is 33.1. The molecule has 3 saturated heterocycles. The summed E-state index contributed by atoms with van der Waals surface area (Å²) in [5, 5.41) is 2.61. The number of carbonyl (C=O) groups is 4. The van der Waals surface area contributed by atoms with E-state index in [4.69, 9.17) is 9.47 Å². The number of halogens is 3. The molecule has 9 rings (SSSR count). The van der Waals surface area contributed by atoms with Gasteiger partial charge in [-0.2, -0.15) is 12.7 Å². The Morgan fingerprint density at radius 1 is 0.951 bits per heavy atom. The minimum Gasteiger partial charge on any atom is -0.491 e. The number of aromatic nitrogens is 2. The largest absolute Gasteiger partial charge is 0.491 e. The molecular formula is C42H38F3N7O8S. The van der Waals surface area contributed by atoms with Gasteiger partial charge in [0.1, 0.15) is 36.0 Å². The number of fused-ring (bicyclic) bond motifs is 2. The molecule has 316 valence electrons. The van der Waals surface area contributed by atoms with Crippen molar-refractivity contribution < 1.29 is 50.2 Å². The summed E-state index contributed by atoms with van der Waals surface area (Å²) in [7, 11) is -4.36. The van der Waals surface area contributed by atoms with Crippen molar-refractivity contribution in [2.24, 2.45) is 0 Å². The minimum absolute atomic E-state index is 0.00718. The smallest absolute Gasteiger partial charge is 0.301 e. The molecule has 4 aliphatic heterocycles. The fourth-order valence-electron chi connectivity index (χ4n) is 8.06. The summed E-state index contributed by atoms with van der Waals surface area (Å²) in [4.78, 5) is 61.5. The Morgan fingerprint density at radius 2 is 1.75 bits per heavy atom. The molecule has 0 radical (unpaired) electrons. The summed E-state index contributed by atoms with van der Waals surface area (Å²) in [5.41, 5.74) is 2.27. The highest BCUT2D eigenvalue weighted by atomic mass is 32.2. The Labute approximate surface area is 347 Å². The summed E-state index contributed by atoms with van der Waals surface area (Å²) < 4.78 is 84.6. The summed E-state index contributed by atoms with van der Waals surface area (Å²) in [6.45, 7) is 1.76. The van der Waals surface area contributed by atoms with Crippen molar-refractivity contribution in [3.05, 3.63) is 107 Å². The summed E-state index contributed by atoms with van der Waals surface area (Å²) >= 11 is 0. The maximum Gasteiger partial charge on any atom is 0.301 e. The van der Waals surface area contributed by atoms with E-state index in [1.165, 1.54) is 11.1 Å². The molecule has 1 unspecified atom stereocenters. The molecule has 15 nitrogen and oxygen atoms in total. The van der Waals surface area contributed by atoms with Crippen LogP contribution in [0.2, 0.25) is 0 Å². The highest BCUT2D eigenvalue weighted by Crippen LogP contribution is 2.34. The van der Waals surface area contributed by atoms with Crippen LogP contribution in [0.4, 0.5) is 24.5 Å². The fourth-order valence-corrected chi connectivity index (χ4v) is 9.33. The Kier molecular flexibility index (Phi) is 10.5. The van der Waals surface area contributed by atoms with Gasteiger partial charge in [-0.15, -0.1) is 0 Å². The number of aromatic amines is 1. The zero-order valence-electron chi connectivity index (χ0n) is 32.3. The molecule has 2 aromatic heterocycles.